The number of amides is 2. The first kappa shape index (κ1) is 35.6. The first-order valence-corrected chi connectivity index (χ1v) is 19.3. The van der Waals surface area contributed by atoms with Crippen molar-refractivity contribution >= 4 is 39.1 Å². The van der Waals surface area contributed by atoms with Crippen molar-refractivity contribution in [2.75, 3.05) is 50.8 Å². The summed E-state index contributed by atoms with van der Waals surface area (Å²) < 4.78 is 57.5. The quantitative estimate of drug-likeness (QED) is 0.435. The Morgan fingerprint density at radius 2 is 1.80 bits per heavy atom. The van der Waals surface area contributed by atoms with Crippen molar-refractivity contribution in [3.63, 3.8) is 0 Å². The molecular formula is C36H46ClFN4O6S. The van der Waals surface area contributed by atoms with E-state index in [4.69, 9.17) is 21.1 Å². The highest BCUT2D eigenvalue weighted by molar-refractivity contribution is 7.90. The summed E-state index contributed by atoms with van der Waals surface area (Å²) in [5.74, 6) is -1.60. The van der Waals surface area contributed by atoms with E-state index >= 15 is 4.39 Å². The van der Waals surface area contributed by atoms with Crippen LogP contribution in [0.5, 0.6) is 5.75 Å². The zero-order valence-electron chi connectivity index (χ0n) is 28.2. The predicted molar refractivity (Wildman–Crippen MR) is 187 cm³/mol. The molecule has 4 aliphatic heterocycles. The van der Waals surface area contributed by atoms with Gasteiger partial charge in [-0.1, -0.05) is 30.7 Å². The molecule has 2 fully saturated rings. The van der Waals surface area contributed by atoms with E-state index in [2.05, 4.69) is 9.62 Å². The molecule has 6 rings (SSSR count). The lowest BCUT2D eigenvalue weighted by Gasteiger charge is -2.38. The van der Waals surface area contributed by atoms with Crippen LogP contribution in [0.3, 0.4) is 0 Å². The number of benzene rings is 2. The van der Waals surface area contributed by atoms with Gasteiger partial charge in [0, 0.05) is 42.8 Å². The number of hydrogen-bond acceptors (Lipinski definition) is 8. The van der Waals surface area contributed by atoms with Crippen LogP contribution in [-0.4, -0.2) is 93.3 Å². The number of anilines is 1. The SMILES string of the molecule is C[C@@H]1[C@@H](C)C/C=C(\F)[C@H](C(=O)N2CCOCC2)N2CCC[C@H]2CN2CCCCc3cc(Cl)ccc3COc3ccc(cc32)C(=O)NS1(=O)=O. The van der Waals surface area contributed by atoms with Gasteiger partial charge in [0.1, 0.15) is 24.2 Å². The summed E-state index contributed by atoms with van der Waals surface area (Å²) in [7, 11) is -4.12. The molecule has 0 radical (unpaired) electrons. The zero-order valence-corrected chi connectivity index (χ0v) is 29.8. The maximum Gasteiger partial charge on any atom is 0.264 e. The standard InChI is InChI=1S/C36H46ClFN4O6S/c1-24-8-12-31(38)34(36(44)40-16-18-47-19-17-40)42-15-5-7-30(42)22-41-14-4-3-6-26-20-29(37)11-9-28(26)23-48-33-13-10-27(21-32(33)41)35(43)39-49(45,46)25(24)2/h9-13,20-21,24-25,30,34H,3-8,14-19,22-23H2,1-2H3,(H,39,43)/b31-12-/t24-,25+,30-,34+/m0/s1. The normalized spacial score (nSPS) is 28.2. The van der Waals surface area contributed by atoms with Crippen LogP contribution in [0.4, 0.5) is 10.1 Å². The fourth-order valence-corrected chi connectivity index (χ4v) is 8.77. The van der Waals surface area contributed by atoms with Crippen LogP contribution in [-0.2, 0) is 32.6 Å². The third-order valence-electron chi connectivity index (χ3n) is 10.5. The van der Waals surface area contributed by atoms with Crippen molar-refractivity contribution in [2.24, 2.45) is 5.92 Å². The summed E-state index contributed by atoms with van der Waals surface area (Å²) in [4.78, 5) is 33.4. The van der Waals surface area contributed by atoms with E-state index in [1.165, 1.54) is 13.0 Å². The molecule has 0 aliphatic carbocycles. The third-order valence-corrected chi connectivity index (χ3v) is 12.6. The number of carbonyl (C=O) groups excluding carboxylic acids is 2. The van der Waals surface area contributed by atoms with E-state index in [9.17, 15) is 18.0 Å². The fourth-order valence-electron chi connectivity index (χ4n) is 7.29. The van der Waals surface area contributed by atoms with Crippen molar-refractivity contribution in [3.8, 4) is 5.75 Å². The highest BCUT2D eigenvalue weighted by Gasteiger charge is 2.41. The molecule has 49 heavy (non-hydrogen) atoms. The van der Waals surface area contributed by atoms with Crippen molar-refractivity contribution in [1.29, 1.82) is 0 Å². The molecular weight excluding hydrogens is 671 g/mol. The van der Waals surface area contributed by atoms with Gasteiger partial charge in [0.2, 0.25) is 15.9 Å². The number of rotatable bonds is 1. The molecule has 2 aromatic carbocycles. The van der Waals surface area contributed by atoms with Crippen LogP contribution in [0.2, 0.25) is 5.02 Å². The second-order valence-electron chi connectivity index (χ2n) is 13.6. The number of allylic oxidation sites excluding steroid dienone is 1. The molecule has 1 N–H and O–H groups in total. The number of sulfonamides is 1. The summed E-state index contributed by atoms with van der Waals surface area (Å²) in [6.07, 6.45) is 5.51. The third kappa shape index (κ3) is 8.08. The van der Waals surface area contributed by atoms with Gasteiger partial charge in [-0.25, -0.2) is 17.5 Å². The average Bonchev–Trinajstić information content (AvgIpc) is 3.53. The number of nitrogens with zero attached hydrogens (tertiary/aromatic N) is 3. The molecule has 266 valence electrons. The van der Waals surface area contributed by atoms with Gasteiger partial charge < -0.3 is 19.3 Å². The summed E-state index contributed by atoms with van der Waals surface area (Å²) in [6.45, 7) is 6.69. The van der Waals surface area contributed by atoms with Crippen LogP contribution < -0.4 is 14.4 Å². The van der Waals surface area contributed by atoms with Gasteiger partial charge in [0.15, 0.2) is 0 Å². The number of halogens is 2. The van der Waals surface area contributed by atoms with Gasteiger partial charge in [-0.2, -0.15) is 0 Å². The van der Waals surface area contributed by atoms with Crippen LogP contribution >= 0.6 is 11.6 Å². The monoisotopic (exact) mass is 716 g/mol. The number of hydrogen-bond donors (Lipinski definition) is 1. The Labute approximate surface area is 293 Å². The summed E-state index contributed by atoms with van der Waals surface area (Å²) in [5.41, 5.74) is 2.98. The van der Waals surface area contributed by atoms with E-state index in [0.29, 0.717) is 62.4 Å². The average molecular weight is 717 g/mol. The Morgan fingerprint density at radius 3 is 2.59 bits per heavy atom. The van der Waals surface area contributed by atoms with Crippen LogP contribution in [0.15, 0.2) is 48.3 Å². The minimum atomic E-state index is -4.12. The Hall–Kier alpha value is -3.19. The topological polar surface area (TPSA) is 108 Å². The summed E-state index contributed by atoms with van der Waals surface area (Å²) >= 11 is 6.34. The molecule has 13 heteroatoms. The molecule has 2 saturated heterocycles. The zero-order chi connectivity index (χ0) is 34.7. The number of ether oxygens (including phenoxy) is 2. The molecule has 2 bridgehead atoms. The van der Waals surface area contributed by atoms with E-state index in [1.54, 1.807) is 30.0 Å². The van der Waals surface area contributed by atoms with Crippen molar-refractivity contribution in [2.45, 2.75) is 76.3 Å². The smallest absolute Gasteiger partial charge is 0.264 e. The number of carbonyl (C=O) groups is 2. The lowest BCUT2D eigenvalue weighted by Crippen LogP contribution is -2.55. The first-order chi connectivity index (χ1) is 23.5. The molecule has 2 aromatic rings. The van der Waals surface area contributed by atoms with Gasteiger partial charge >= 0.3 is 0 Å². The minimum absolute atomic E-state index is 0.0867. The number of morpholine rings is 1. The van der Waals surface area contributed by atoms with Gasteiger partial charge in [0.25, 0.3) is 5.91 Å². The molecule has 2 amide bonds. The Kier molecular flexibility index (Phi) is 11.2. The van der Waals surface area contributed by atoms with Gasteiger partial charge in [-0.3, -0.25) is 14.5 Å². The van der Waals surface area contributed by atoms with Gasteiger partial charge in [-0.15, -0.1) is 0 Å². The lowest BCUT2D eigenvalue weighted by molar-refractivity contribution is -0.140. The number of nitrogens with one attached hydrogen (secondary N) is 1. The van der Waals surface area contributed by atoms with E-state index < -0.39 is 39.0 Å². The summed E-state index contributed by atoms with van der Waals surface area (Å²) in [6, 6.07) is 9.49. The van der Waals surface area contributed by atoms with Crippen molar-refractivity contribution in [1.82, 2.24) is 14.5 Å². The van der Waals surface area contributed by atoms with Gasteiger partial charge in [0.05, 0.1) is 24.2 Å². The molecule has 0 aromatic heterocycles. The Morgan fingerprint density at radius 1 is 1.00 bits per heavy atom. The molecule has 4 heterocycles. The van der Waals surface area contributed by atoms with E-state index in [-0.39, 0.29) is 30.5 Å². The molecule has 4 aliphatic rings. The number of aryl methyl sites for hydroxylation is 1. The highest BCUT2D eigenvalue weighted by Crippen LogP contribution is 2.35. The minimum Gasteiger partial charge on any atom is -0.487 e. The second kappa shape index (κ2) is 15.4. The molecule has 4 atom stereocenters. The molecule has 10 nitrogen and oxygen atoms in total. The van der Waals surface area contributed by atoms with Crippen LogP contribution in [0.25, 0.3) is 0 Å². The molecule has 0 unspecified atom stereocenters. The van der Waals surface area contributed by atoms with E-state index in [0.717, 1.165) is 43.2 Å². The van der Waals surface area contributed by atoms with E-state index in [1.807, 2.05) is 23.1 Å². The lowest BCUT2D eigenvalue weighted by atomic mass is 10.0. The van der Waals surface area contributed by atoms with Crippen LogP contribution in [0.1, 0.15) is 67.4 Å². The predicted octanol–water partition coefficient (Wildman–Crippen LogP) is 5.09. The Bertz CT molecular complexity index is 1680. The largest absolute Gasteiger partial charge is 0.487 e. The maximum atomic E-state index is 16.5. The molecule has 0 saturated carbocycles. The highest BCUT2D eigenvalue weighted by atomic mass is 35.5. The van der Waals surface area contributed by atoms with Crippen molar-refractivity contribution in [3.05, 3.63) is 70.0 Å². The maximum absolute atomic E-state index is 16.5. The first-order valence-electron chi connectivity index (χ1n) is 17.3. The summed E-state index contributed by atoms with van der Waals surface area (Å²) in [5, 5.41) is -0.340. The number of fused-ring (bicyclic) bond motifs is 3. The van der Waals surface area contributed by atoms with Gasteiger partial charge in [-0.05, 0) is 99.4 Å². The van der Waals surface area contributed by atoms with Crippen molar-refractivity contribution < 1.29 is 31.9 Å². The van der Waals surface area contributed by atoms with Crippen LogP contribution in [0, 0.1) is 5.92 Å². The Balaban J connectivity index is 1.43. The molecule has 0 spiro atoms. The second-order valence-corrected chi connectivity index (χ2v) is 16.1. The fraction of sp³-hybridized carbons (Fsp3) is 0.556.